The Morgan fingerprint density at radius 2 is 2.30 bits per heavy atom. The minimum atomic E-state index is -0.511. The fourth-order valence-electron chi connectivity index (χ4n) is 2.59. The van der Waals surface area contributed by atoms with Crippen molar-refractivity contribution in [3.05, 3.63) is 44.1 Å². The summed E-state index contributed by atoms with van der Waals surface area (Å²) in [6.07, 6.45) is 0.968. The maximum Gasteiger partial charge on any atom is 0.311 e. The van der Waals surface area contributed by atoms with Crippen LogP contribution in [0.4, 0.5) is 17.3 Å². The Bertz CT molecular complexity index is 670. The Morgan fingerprint density at radius 3 is 3.00 bits per heavy atom. The van der Waals surface area contributed by atoms with Crippen LogP contribution in [0.25, 0.3) is 0 Å². The Hall–Kier alpha value is -2.15. The smallest absolute Gasteiger partial charge is 0.311 e. The van der Waals surface area contributed by atoms with Gasteiger partial charge >= 0.3 is 5.69 Å². The lowest BCUT2D eigenvalue weighted by atomic mass is 10.0. The van der Waals surface area contributed by atoms with Gasteiger partial charge in [0.2, 0.25) is 5.82 Å². The highest BCUT2D eigenvalue weighted by Gasteiger charge is 2.26. The van der Waals surface area contributed by atoms with Gasteiger partial charge in [0, 0.05) is 17.5 Å². The summed E-state index contributed by atoms with van der Waals surface area (Å²) in [5.74, 6) is 0.660. The quantitative estimate of drug-likeness (QED) is 0.679. The van der Waals surface area contributed by atoms with E-state index in [4.69, 9.17) is 5.73 Å². The third-order valence-corrected chi connectivity index (χ3v) is 4.65. The molecule has 7 heteroatoms. The van der Waals surface area contributed by atoms with Gasteiger partial charge in [-0.3, -0.25) is 10.1 Å². The van der Waals surface area contributed by atoms with Gasteiger partial charge in [0.1, 0.15) is 5.82 Å². The molecule has 0 saturated carbocycles. The molecule has 3 heterocycles. The molecular formula is C13H14N4O2S. The van der Waals surface area contributed by atoms with Crippen LogP contribution in [0, 0.1) is 10.1 Å². The number of hydrogen-bond donors (Lipinski definition) is 1. The van der Waals surface area contributed by atoms with Crippen molar-refractivity contribution in [3.63, 3.8) is 0 Å². The zero-order valence-corrected chi connectivity index (χ0v) is 11.8. The summed E-state index contributed by atoms with van der Waals surface area (Å²) in [6, 6.07) is 5.43. The topological polar surface area (TPSA) is 85.3 Å². The van der Waals surface area contributed by atoms with Gasteiger partial charge in [-0.15, -0.1) is 11.3 Å². The van der Waals surface area contributed by atoms with Crippen molar-refractivity contribution in [1.82, 2.24) is 4.98 Å². The predicted molar refractivity (Wildman–Crippen MR) is 79.1 cm³/mol. The SMILES string of the molecule is CC1c2ccsc2CCN1c1ccc([N+](=O)[O-])c(N)n1. The highest BCUT2D eigenvalue weighted by atomic mass is 32.1. The highest BCUT2D eigenvalue weighted by molar-refractivity contribution is 7.10. The first-order valence-electron chi connectivity index (χ1n) is 6.31. The molecule has 2 aromatic heterocycles. The van der Waals surface area contributed by atoms with Gasteiger partial charge in [-0.2, -0.15) is 0 Å². The van der Waals surface area contributed by atoms with Gasteiger partial charge in [0.25, 0.3) is 0 Å². The molecule has 0 saturated heterocycles. The van der Waals surface area contributed by atoms with Crippen LogP contribution in [0.15, 0.2) is 23.6 Å². The second kappa shape index (κ2) is 4.75. The molecule has 0 aromatic carbocycles. The van der Waals surface area contributed by atoms with E-state index in [9.17, 15) is 10.1 Å². The van der Waals surface area contributed by atoms with Gasteiger partial charge < -0.3 is 10.6 Å². The molecule has 104 valence electrons. The Morgan fingerprint density at radius 1 is 1.50 bits per heavy atom. The van der Waals surface area contributed by atoms with Crippen molar-refractivity contribution in [2.24, 2.45) is 0 Å². The molecule has 3 rings (SSSR count). The van der Waals surface area contributed by atoms with Gasteiger partial charge in [-0.1, -0.05) is 0 Å². The van der Waals surface area contributed by atoms with Crippen LogP contribution in [0.1, 0.15) is 23.4 Å². The zero-order valence-electron chi connectivity index (χ0n) is 10.9. The highest BCUT2D eigenvalue weighted by Crippen LogP contribution is 2.36. The average Bonchev–Trinajstić information content (AvgIpc) is 2.87. The number of anilines is 2. The van der Waals surface area contributed by atoms with Crippen LogP contribution < -0.4 is 10.6 Å². The summed E-state index contributed by atoms with van der Waals surface area (Å²) in [7, 11) is 0. The standard InChI is InChI=1S/C13H14N4O2S/c1-8-9-5-7-20-11(9)4-6-16(8)12-3-2-10(17(18)19)13(14)15-12/h2-3,5,7-8H,4,6H2,1H3,(H2,14,15). The van der Waals surface area contributed by atoms with Gasteiger partial charge in [-0.05, 0) is 36.4 Å². The Balaban J connectivity index is 1.95. The number of nitrogens with two attached hydrogens (primary N) is 1. The van der Waals surface area contributed by atoms with Crippen molar-refractivity contribution in [3.8, 4) is 0 Å². The molecule has 1 aliphatic rings. The first-order chi connectivity index (χ1) is 9.58. The van der Waals surface area contributed by atoms with E-state index in [2.05, 4.69) is 28.3 Å². The van der Waals surface area contributed by atoms with Crippen LogP contribution in [0.5, 0.6) is 0 Å². The molecular weight excluding hydrogens is 276 g/mol. The van der Waals surface area contributed by atoms with Crippen molar-refractivity contribution in [2.75, 3.05) is 17.2 Å². The third-order valence-electron chi connectivity index (χ3n) is 3.66. The lowest BCUT2D eigenvalue weighted by Gasteiger charge is -2.34. The van der Waals surface area contributed by atoms with E-state index < -0.39 is 4.92 Å². The van der Waals surface area contributed by atoms with Crippen molar-refractivity contribution in [1.29, 1.82) is 0 Å². The van der Waals surface area contributed by atoms with Gasteiger partial charge in [0.05, 0.1) is 11.0 Å². The largest absolute Gasteiger partial charge is 0.378 e. The van der Waals surface area contributed by atoms with Crippen LogP contribution in [0.2, 0.25) is 0 Å². The summed E-state index contributed by atoms with van der Waals surface area (Å²) < 4.78 is 0. The van der Waals surface area contributed by atoms with Gasteiger partial charge in [0.15, 0.2) is 0 Å². The number of nitro groups is 1. The monoisotopic (exact) mass is 290 g/mol. The number of hydrogen-bond acceptors (Lipinski definition) is 6. The number of fused-ring (bicyclic) bond motifs is 1. The van der Waals surface area contributed by atoms with Crippen LogP contribution in [-0.2, 0) is 6.42 Å². The summed E-state index contributed by atoms with van der Waals surface area (Å²) in [4.78, 5) is 18.0. The Labute approximate surface area is 120 Å². The molecule has 0 amide bonds. The molecule has 20 heavy (non-hydrogen) atoms. The fourth-order valence-corrected chi connectivity index (χ4v) is 3.56. The fraction of sp³-hybridized carbons (Fsp3) is 0.308. The predicted octanol–water partition coefficient (Wildman–Crippen LogP) is 2.76. The minimum Gasteiger partial charge on any atom is -0.378 e. The number of pyridine rings is 1. The average molecular weight is 290 g/mol. The van der Waals surface area contributed by atoms with Crippen molar-refractivity contribution < 1.29 is 4.92 Å². The Kier molecular flexibility index (Phi) is 3.06. The lowest BCUT2D eigenvalue weighted by Crippen LogP contribution is -2.33. The van der Waals surface area contributed by atoms with E-state index in [1.54, 1.807) is 17.4 Å². The van der Waals surface area contributed by atoms with Crippen molar-refractivity contribution >= 4 is 28.7 Å². The number of nitrogen functional groups attached to an aromatic ring is 1. The maximum absolute atomic E-state index is 10.8. The number of rotatable bonds is 2. The second-order valence-electron chi connectivity index (χ2n) is 4.75. The number of nitrogens with zero attached hydrogens (tertiary/aromatic N) is 3. The van der Waals surface area contributed by atoms with Crippen LogP contribution in [0.3, 0.4) is 0 Å². The van der Waals surface area contributed by atoms with E-state index >= 15 is 0 Å². The number of thiophene rings is 1. The molecule has 0 radical (unpaired) electrons. The summed E-state index contributed by atoms with van der Waals surface area (Å²) in [6.45, 7) is 2.96. The third kappa shape index (κ3) is 2.00. The number of aromatic nitrogens is 1. The maximum atomic E-state index is 10.8. The minimum absolute atomic E-state index is 0.0317. The van der Waals surface area contributed by atoms with E-state index in [-0.39, 0.29) is 17.5 Å². The lowest BCUT2D eigenvalue weighted by molar-refractivity contribution is -0.384. The first kappa shape index (κ1) is 12.9. The zero-order chi connectivity index (χ0) is 14.3. The molecule has 0 fully saturated rings. The molecule has 6 nitrogen and oxygen atoms in total. The summed E-state index contributed by atoms with van der Waals surface area (Å²) in [5, 5.41) is 12.9. The molecule has 2 N–H and O–H groups in total. The van der Waals surface area contributed by atoms with E-state index in [0.717, 1.165) is 13.0 Å². The molecule has 0 bridgehead atoms. The van der Waals surface area contributed by atoms with Crippen molar-refractivity contribution in [2.45, 2.75) is 19.4 Å². The summed E-state index contributed by atoms with van der Waals surface area (Å²) >= 11 is 1.77. The van der Waals surface area contributed by atoms with E-state index in [1.807, 2.05) is 0 Å². The van der Waals surface area contributed by atoms with E-state index in [0.29, 0.717) is 5.82 Å². The molecule has 0 spiro atoms. The molecule has 1 unspecified atom stereocenters. The van der Waals surface area contributed by atoms with Crippen LogP contribution >= 0.6 is 11.3 Å². The van der Waals surface area contributed by atoms with Crippen LogP contribution in [-0.4, -0.2) is 16.5 Å². The molecule has 0 aliphatic carbocycles. The molecule has 2 aromatic rings. The normalized spacial score (nSPS) is 17.9. The molecule has 1 aliphatic heterocycles. The molecule has 1 atom stereocenters. The first-order valence-corrected chi connectivity index (χ1v) is 7.19. The van der Waals surface area contributed by atoms with E-state index in [1.165, 1.54) is 16.5 Å². The second-order valence-corrected chi connectivity index (χ2v) is 5.75. The van der Waals surface area contributed by atoms with Gasteiger partial charge in [-0.25, -0.2) is 4.98 Å². The summed E-state index contributed by atoms with van der Waals surface area (Å²) in [5.41, 5.74) is 6.83.